The van der Waals surface area contributed by atoms with Crippen LogP contribution in [-0.2, 0) is 6.42 Å². The highest BCUT2D eigenvalue weighted by Crippen LogP contribution is 2.27. The van der Waals surface area contributed by atoms with Crippen LogP contribution in [0.25, 0.3) is 10.2 Å². The van der Waals surface area contributed by atoms with Crippen molar-refractivity contribution >= 4 is 27.5 Å². The second kappa shape index (κ2) is 6.12. The van der Waals surface area contributed by atoms with Crippen LogP contribution >= 0.6 is 11.3 Å². The number of aromatic nitrogens is 1. The largest absolute Gasteiger partial charge is 0.573 e. The second-order valence-electron chi connectivity index (χ2n) is 4.96. The molecule has 1 heterocycles. The number of carboxylic acids is 1. The zero-order valence-electron chi connectivity index (χ0n) is 12.0. The molecule has 8 heteroatoms. The van der Waals surface area contributed by atoms with Crippen molar-refractivity contribution in [1.82, 2.24) is 4.98 Å². The molecule has 0 unspecified atom stereocenters. The molecule has 0 spiro atoms. The van der Waals surface area contributed by atoms with Crippen LogP contribution in [0.4, 0.5) is 13.2 Å². The minimum Gasteiger partial charge on any atom is -0.478 e. The van der Waals surface area contributed by atoms with Gasteiger partial charge in [-0.15, -0.1) is 24.5 Å². The van der Waals surface area contributed by atoms with E-state index in [1.54, 1.807) is 12.1 Å². The van der Waals surface area contributed by atoms with Gasteiger partial charge in [-0.3, -0.25) is 0 Å². The zero-order chi connectivity index (χ0) is 17.3. The molecule has 0 aliphatic rings. The highest BCUT2D eigenvalue weighted by atomic mass is 32.1. The van der Waals surface area contributed by atoms with Crippen LogP contribution in [0.2, 0.25) is 0 Å². The van der Waals surface area contributed by atoms with Crippen molar-refractivity contribution < 1.29 is 27.8 Å². The van der Waals surface area contributed by atoms with Gasteiger partial charge in [0.1, 0.15) is 5.75 Å². The molecule has 0 saturated heterocycles. The summed E-state index contributed by atoms with van der Waals surface area (Å²) in [6, 6.07) is 10.2. The number of rotatable bonds is 4. The van der Waals surface area contributed by atoms with Crippen LogP contribution in [0.3, 0.4) is 0 Å². The molecule has 0 amide bonds. The molecule has 0 saturated carbocycles. The number of carboxylic acid groups (broad SMARTS) is 1. The lowest BCUT2D eigenvalue weighted by atomic mass is 10.1. The third kappa shape index (κ3) is 3.83. The quantitative estimate of drug-likeness (QED) is 0.751. The number of nitrogens with zero attached hydrogens (tertiary/aromatic N) is 1. The summed E-state index contributed by atoms with van der Waals surface area (Å²) < 4.78 is 40.9. The summed E-state index contributed by atoms with van der Waals surface area (Å²) in [6.07, 6.45) is -4.27. The number of ether oxygens (including phenoxy) is 1. The van der Waals surface area contributed by atoms with E-state index in [9.17, 15) is 18.0 Å². The number of alkyl halides is 3. The maximum Gasteiger partial charge on any atom is 0.573 e. The highest BCUT2D eigenvalue weighted by Gasteiger charge is 2.30. The Hall–Kier alpha value is -2.61. The first-order valence-corrected chi connectivity index (χ1v) is 7.59. The van der Waals surface area contributed by atoms with Crippen LogP contribution in [-0.4, -0.2) is 22.4 Å². The molecule has 0 atom stereocenters. The van der Waals surface area contributed by atoms with Crippen molar-refractivity contribution in [2.45, 2.75) is 12.8 Å². The maximum atomic E-state index is 12.1. The van der Waals surface area contributed by atoms with Gasteiger partial charge in [-0.05, 0) is 35.9 Å². The van der Waals surface area contributed by atoms with Crippen molar-refractivity contribution in [2.24, 2.45) is 0 Å². The SMILES string of the molecule is O=C(O)c1ccc2nc(Cc3ccc(OC(F)(F)F)cc3)sc2c1. The fraction of sp³-hybridized carbons (Fsp3) is 0.125. The van der Waals surface area contributed by atoms with Gasteiger partial charge in [-0.25, -0.2) is 9.78 Å². The first kappa shape index (κ1) is 16.3. The number of aromatic carboxylic acids is 1. The smallest absolute Gasteiger partial charge is 0.478 e. The fourth-order valence-corrected chi connectivity index (χ4v) is 3.21. The number of carbonyl (C=O) groups is 1. The second-order valence-corrected chi connectivity index (χ2v) is 6.08. The molecule has 3 rings (SSSR count). The van der Waals surface area contributed by atoms with Crippen LogP contribution in [0.15, 0.2) is 42.5 Å². The van der Waals surface area contributed by atoms with E-state index in [2.05, 4.69) is 9.72 Å². The molecule has 0 aliphatic carbocycles. The monoisotopic (exact) mass is 353 g/mol. The normalized spacial score (nSPS) is 11.6. The molecule has 0 bridgehead atoms. The van der Waals surface area contributed by atoms with Gasteiger partial charge >= 0.3 is 12.3 Å². The predicted molar refractivity (Wildman–Crippen MR) is 82.5 cm³/mol. The van der Waals surface area contributed by atoms with Gasteiger partial charge in [-0.2, -0.15) is 0 Å². The average Bonchev–Trinajstić information content (AvgIpc) is 2.89. The molecular weight excluding hydrogens is 343 g/mol. The molecule has 0 aliphatic heterocycles. The Kier molecular flexibility index (Phi) is 4.15. The number of benzene rings is 2. The van der Waals surface area contributed by atoms with E-state index in [0.29, 0.717) is 11.9 Å². The van der Waals surface area contributed by atoms with E-state index < -0.39 is 12.3 Å². The minimum atomic E-state index is -4.71. The summed E-state index contributed by atoms with van der Waals surface area (Å²) in [4.78, 5) is 15.4. The van der Waals surface area contributed by atoms with Crippen molar-refractivity contribution in [3.8, 4) is 5.75 Å². The van der Waals surface area contributed by atoms with E-state index in [4.69, 9.17) is 5.11 Å². The number of thiazole rings is 1. The van der Waals surface area contributed by atoms with Gasteiger partial charge in [0, 0.05) is 6.42 Å². The van der Waals surface area contributed by atoms with Gasteiger partial charge in [-0.1, -0.05) is 12.1 Å². The third-order valence-electron chi connectivity index (χ3n) is 3.19. The van der Waals surface area contributed by atoms with Gasteiger partial charge in [0.25, 0.3) is 0 Å². The van der Waals surface area contributed by atoms with E-state index in [0.717, 1.165) is 15.3 Å². The molecule has 0 radical (unpaired) electrons. The lowest BCUT2D eigenvalue weighted by Crippen LogP contribution is -2.17. The standard InChI is InChI=1S/C16H10F3NO3S/c17-16(18,19)23-11-4-1-9(2-5-11)7-14-20-12-6-3-10(15(21)22)8-13(12)24-14/h1-6,8H,7H2,(H,21,22). The van der Waals surface area contributed by atoms with Crippen LogP contribution in [0.5, 0.6) is 5.75 Å². The third-order valence-corrected chi connectivity index (χ3v) is 4.21. The Labute approximate surface area is 138 Å². The van der Waals surface area contributed by atoms with Gasteiger partial charge in [0.05, 0.1) is 20.8 Å². The molecular formula is C16H10F3NO3S. The van der Waals surface area contributed by atoms with Crippen LogP contribution in [0.1, 0.15) is 20.9 Å². The summed E-state index contributed by atoms with van der Waals surface area (Å²) >= 11 is 1.35. The van der Waals surface area contributed by atoms with E-state index >= 15 is 0 Å². The molecule has 2 aromatic carbocycles. The summed E-state index contributed by atoms with van der Waals surface area (Å²) in [5, 5.41) is 9.73. The van der Waals surface area contributed by atoms with Crippen molar-refractivity contribution in [1.29, 1.82) is 0 Å². The molecule has 124 valence electrons. The number of halogens is 3. The van der Waals surface area contributed by atoms with Gasteiger partial charge < -0.3 is 9.84 Å². The first-order valence-electron chi connectivity index (χ1n) is 6.77. The topological polar surface area (TPSA) is 59.4 Å². The number of fused-ring (bicyclic) bond motifs is 1. The summed E-state index contributed by atoms with van der Waals surface area (Å²) in [5.41, 5.74) is 1.66. The minimum absolute atomic E-state index is 0.186. The number of hydrogen-bond donors (Lipinski definition) is 1. The average molecular weight is 353 g/mol. The summed E-state index contributed by atoms with van der Waals surface area (Å²) in [7, 11) is 0. The number of hydrogen-bond acceptors (Lipinski definition) is 4. The van der Waals surface area contributed by atoms with Gasteiger partial charge in [0.15, 0.2) is 0 Å². The Morgan fingerprint density at radius 3 is 2.50 bits per heavy atom. The Morgan fingerprint density at radius 1 is 1.17 bits per heavy atom. The molecule has 1 N–H and O–H groups in total. The fourth-order valence-electron chi connectivity index (χ4n) is 2.16. The van der Waals surface area contributed by atoms with Crippen molar-refractivity contribution in [3.63, 3.8) is 0 Å². The van der Waals surface area contributed by atoms with Crippen LogP contribution < -0.4 is 4.74 Å². The van der Waals surface area contributed by atoms with Crippen LogP contribution in [0, 0.1) is 0 Å². The van der Waals surface area contributed by atoms with Crippen molar-refractivity contribution in [3.05, 3.63) is 58.6 Å². The Bertz CT molecular complexity index is 888. The van der Waals surface area contributed by atoms with E-state index in [1.165, 1.54) is 41.7 Å². The molecule has 1 aromatic heterocycles. The highest BCUT2D eigenvalue weighted by molar-refractivity contribution is 7.18. The lowest BCUT2D eigenvalue weighted by Gasteiger charge is -2.08. The summed E-state index contributed by atoms with van der Waals surface area (Å²) in [6.45, 7) is 0. The maximum absolute atomic E-state index is 12.1. The Balaban J connectivity index is 1.78. The molecule has 3 aromatic rings. The van der Waals surface area contributed by atoms with Crippen molar-refractivity contribution in [2.75, 3.05) is 0 Å². The first-order chi connectivity index (χ1) is 11.3. The molecule has 4 nitrogen and oxygen atoms in total. The summed E-state index contributed by atoms with van der Waals surface area (Å²) in [5.74, 6) is -1.28. The molecule has 0 fully saturated rings. The molecule has 24 heavy (non-hydrogen) atoms. The lowest BCUT2D eigenvalue weighted by molar-refractivity contribution is -0.274. The van der Waals surface area contributed by atoms with E-state index in [1.807, 2.05) is 0 Å². The van der Waals surface area contributed by atoms with E-state index in [-0.39, 0.29) is 11.3 Å². The Morgan fingerprint density at radius 2 is 1.88 bits per heavy atom. The zero-order valence-corrected chi connectivity index (χ0v) is 12.8. The van der Waals surface area contributed by atoms with Gasteiger partial charge in [0.2, 0.25) is 0 Å². The predicted octanol–water partition coefficient (Wildman–Crippen LogP) is 4.48.